The van der Waals surface area contributed by atoms with Crippen molar-refractivity contribution in [2.75, 3.05) is 18.4 Å². The van der Waals surface area contributed by atoms with Crippen LogP contribution in [0.5, 0.6) is 0 Å². The molecule has 0 radical (unpaired) electrons. The van der Waals surface area contributed by atoms with Crippen molar-refractivity contribution in [1.82, 2.24) is 14.7 Å². The second-order valence-electron chi connectivity index (χ2n) is 10.0. The quantitative estimate of drug-likeness (QED) is 0.230. The van der Waals surface area contributed by atoms with Crippen molar-refractivity contribution in [1.29, 1.82) is 0 Å². The lowest BCUT2D eigenvalue weighted by atomic mass is 10.1. The third kappa shape index (κ3) is 6.42. The monoisotopic (exact) mass is 524 g/mol. The summed E-state index contributed by atoms with van der Waals surface area (Å²) >= 11 is 0. The summed E-state index contributed by atoms with van der Waals surface area (Å²) in [6.07, 6.45) is 3.69. The van der Waals surface area contributed by atoms with E-state index >= 15 is 0 Å². The summed E-state index contributed by atoms with van der Waals surface area (Å²) in [7, 11) is 0. The van der Waals surface area contributed by atoms with Gasteiger partial charge in [-0.1, -0.05) is 80.4 Å². The van der Waals surface area contributed by atoms with Gasteiger partial charge in [0.25, 0.3) is 0 Å². The minimum atomic E-state index is -0.352. The fourth-order valence-corrected chi connectivity index (χ4v) is 4.95. The van der Waals surface area contributed by atoms with Gasteiger partial charge in [-0.3, -0.25) is 9.59 Å². The van der Waals surface area contributed by atoms with Crippen LogP contribution in [0, 0.1) is 11.7 Å². The van der Waals surface area contributed by atoms with Crippen LogP contribution in [0.3, 0.4) is 0 Å². The number of halogens is 1. The molecule has 4 aromatic rings. The molecule has 39 heavy (non-hydrogen) atoms. The number of benzene rings is 3. The normalized spacial score (nSPS) is 16.1. The molecule has 2 atom stereocenters. The summed E-state index contributed by atoms with van der Waals surface area (Å²) < 4.78 is 15.2. The molecule has 6 nitrogen and oxygen atoms in total. The molecule has 0 aliphatic heterocycles. The Hall–Kier alpha value is -4.26. The van der Waals surface area contributed by atoms with Gasteiger partial charge in [0.2, 0.25) is 11.8 Å². The van der Waals surface area contributed by atoms with E-state index in [0.717, 1.165) is 31.2 Å². The first kappa shape index (κ1) is 26.4. The van der Waals surface area contributed by atoms with Crippen molar-refractivity contribution in [2.45, 2.75) is 38.5 Å². The average Bonchev–Trinajstić information content (AvgIpc) is 3.66. The van der Waals surface area contributed by atoms with Crippen LogP contribution in [0.15, 0.2) is 91.0 Å². The van der Waals surface area contributed by atoms with E-state index in [1.807, 2.05) is 48.5 Å². The van der Waals surface area contributed by atoms with E-state index in [0.29, 0.717) is 23.7 Å². The fraction of sp³-hybridized carbons (Fsp3) is 0.281. The molecule has 0 bridgehead atoms. The highest BCUT2D eigenvalue weighted by Gasteiger charge is 2.45. The van der Waals surface area contributed by atoms with E-state index in [9.17, 15) is 14.0 Å². The van der Waals surface area contributed by atoms with Crippen molar-refractivity contribution in [2.24, 2.45) is 5.92 Å². The molecule has 7 heteroatoms. The van der Waals surface area contributed by atoms with Crippen LogP contribution in [0.2, 0.25) is 0 Å². The number of carbonyl (C=O) groups excluding carboxylic acids is 2. The Bertz CT molecular complexity index is 1400. The number of nitrogens with zero attached hydrogens (tertiary/aromatic N) is 3. The first-order chi connectivity index (χ1) is 19.0. The van der Waals surface area contributed by atoms with Gasteiger partial charge in [-0.05, 0) is 48.6 Å². The highest BCUT2D eigenvalue weighted by Crippen LogP contribution is 2.48. The Morgan fingerprint density at radius 3 is 2.36 bits per heavy atom. The molecule has 3 aromatic carbocycles. The number of rotatable bonds is 11. The minimum absolute atomic E-state index is 0.0319. The van der Waals surface area contributed by atoms with E-state index in [1.165, 1.54) is 17.7 Å². The Morgan fingerprint density at radius 1 is 0.974 bits per heavy atom. The number of aromatic nitrogens is 2. The van der Waals surface area contributed by atoms with Crippen molar-refractivity contribution in [3.63, 3.8) is 0 Å². The van der Waals surface area contributed by atoms with Crippen LogP contribution in [-0.4, -0.2) is 39.6 Å². The van der Waals surface area contributed by atoms with Crippen LogP contribution >= 0.6 is 0 Å². The molecule has 1 heterocycles. The number of carbonyl (C=O) groups is 2. The maximum Gasteiger partial charge on any atom is 0.245 e. The van der Waals surface area contributed by atoms with Crippen molar-refractivity contribution in [3.05, 3.63) is 102 Å². The van der Waals surface area contributed by atoms with Gasteiger partial charge < -0.3 is 10.2 Å². The molecule has 200 valence electrons. The first-order valence-corrected chi connectivity index (χ1v) is 13.6. The number of hydrogen-bond donors (Lipinski definition) is 1. The maximum atomic E-state index is 13.6. The molecular formula is C32H33FN4O2. The predicted octanol–water partition coefficient (Wildman–Crippen LogP) is 6.44. The highest BCUT2D eigenvalue weighted by atomic mass is 19.1. The lowest BCUT2D eigenvalue weighted by molar-refractivity contribution is -0.136. The number of nitrogens with one attached hydrogen (secondary N) is 1. The Labute approximate surface area is 228 Å². The molecule has 1 aliphatic rings. The number of amides is 2. The van der Waals surface area contributed by atoms with Crippen LogP contribution in [0.25, 0.3) is 16.9 Å². The molecule has 1 saturated carbocycles. The van der Waals surface area contributed by atoms with Crippen LogP contribution in [0.4, 0.5) is 10.2 Å². The molecule has 2 unspecified atom stereocenters. The summed E-state index contributed by atoms with van der Waals surface area (Å²) in [5.74, 6) is -0.0262. The molecule has 1 aliphatic carbocycles. The lowest BCUT2D eigenvalue weighted by Gasteiger charge is -2.22. The van der Waals surface area contributed by atoms with E-state index in [1.54, 1.807) is 27.8 Å². The molecule has 2 amide bonds. The zero-order chi connectivity index (χ0) is 27.2. The Balaban J connectivity index is 1.34. The molecule has 1 fully saturated rings. The maximum absolute atomic E-state index is 13.6. The zero-order valence-corrected chi connectivity index (χ0v) is 22.1. The minimum Gasteiger partial charge on any atom is -0.333 e. The molecule has 0 spiro atoms. The second-order valence-corrected chi connectivity index (χ2v) is 10.0. The smallest absolute Gasteiger partial charge is 0.245 e. The Morgan fingerprint density at radius 2 is 1.67 bits per heavy atom. The van der Waals surface area contributed by atoms with E-state index < -0.39 is 0 Å². The Kier molecular flexibility index (Phi) is 8.16. The van der Waals surface area contributed by atoms with Crippen molar-refractivity contribution >= 4 is 17.6 Å². The third-order valence-electron chi connectivity index (χ3n) is 7.13. The molecular weight excluding hydrogens is 491 g/mol. The summed E-state index contributed by atoms with van der Waals surface area (Å²) in [5, 5.41) is 7.65. The second kappa shape index (κ2) is 12.1. The van der Waals surface area contributed by atoms with E-state index in [2.05, 4.69) is 29.5 Å². The fourth-order valence-electron chi connectivity index (χ4n) is 4.95. The van der Waals surface area contributed by atoms with Gasteiger partial charge in [0, 0.05) is 24.1 Å². The molecule has 1 N–H and O–H groups in total. The largest absolute Gasteiger partial charge is 0.333 e. The topological polar surface area (TPSA) is 67.2 Å². The van der Waals surface area contributed by atoms with E-state index in [-0.39, 0.29) is 36.0 Å². The van der Waals surface area contributed by atoms with E-state index in [4.69, 9.17) is 0 Å². The summed E-state index contributed by atoms with van der Waals surface area (Å²) in [4.78, 5) is 28.5. The molecule has 5 rings (SSSR count). The van der Waals surface area contributed by atoms with Gasteiger partial charge in [0.1, 0.15) is 11.6 Å². The SMILES string of the molecule is CCCCCN(CC(=O)Nc1cc(-c2ccccc2)nn1-c1ccc(F)cc1)C(=O)C1CC1c1ccccc1. The third-order valence-corrected chi connectivity index (χ3v) is 7.13. The van der Waals surface area contributed by atoms with Crippen molar-refractivity contribution < 1.29 is 14.0 Å². The summed E-state index contributed by atoms with van der Waals surface area (Å²) in [5.41, 5.74) is 3.36. The van der Waals surface area contributed by atoms with Gasteiger partial charge in [-0.2, -0.15) is 5.10 Å². The summed E-state index contributed by atoms with van der Waals surface area (Å²) in [6.45, 7) is 2.63. The standard InChI is InChI=1S/C32H33FN4O2/c1-2-3-10-19-36(32(39)28-20-27(28)23-11-6-4-7-12-23)22-31(38)34-30-21-29(24-13-8-5-9-14-24)35-37(30)26-17-15-25(33)16-18-26/h4-9,11-18,21,27-28H,2-3,10,19-20,22H2,1H3,(H,34,38). The van der Waals surface area contributed by atoms with Gasteiger partial charge in [-0.15, -0.1) is 0 Å². The van der Waals surface area contributed by atoms with Crippen molar-refractivity contribution in [3.8, 4) is 16.9 Å². The number of anilines is 1. The summed E-state index contributed by atoms with van der Waals surface area (Å²) in [6, 6.07) is 27.5. The van der Waals surface area contributed by atoms with Crippen LogP contribution in [0.1, 0.15) is 44.1 Å². The number of hydrogen-bond acceptors (Lipinski definition) is 3. The lowest BCUT2D eigenvalue weighted by Crippen LogP contribution is -2.40. The number of unbranched alkanes of at least 4 members (excludes halogenated alkanes) is 2. The van der Waals surface area contributed by atoms with Gasteiger partial charge in [0.15, 0.2) is 0 Å². The predicted molar refractivity (Wildman–Crippen MR) is 151 cm³/mol. The molecule has 0 saturated heterocycles. The van der Waals surface area contributed by atoms with Crippen LogP contribution in [-0.2, 0) is 9.59 Å². The van der Waals surface area contributed by atoms with Gasteiger partial charge in [-0.25, -0.2) is 9.07 Å². The average molecular weight is 525 g/mol. The zero-order valence-electron chi connectivity index (χ0n) is 22.1. The first-order valence-electron chi connectivity index (χ1n) is 13.6. The van der Waals surface area contributed by atoms with Gasteiger partial charge in [0.05, 0.1) is 17.9 Å². The van der Waals surface area contributed by atoms with Gasteiger partial charge >= 0.3 is 0 Å². The molecule has 1 aromatic heterocycles. The van der Waals surface area contributed by atoms with Crippen LogP contribution < -0.4 is 5.32 Å². The highest BCUT2D eigenvalue weighted by molar-refractivity contribution is 5.95.